The molecule has 216 valence electrons. The van der Waals surface area contributed by atoms with Crippen LogP contribution >= 0.6 is 27.3 Å². The van der Waals surface area contributed by atoms with Crippen LogP contribution in [-0.4, -0.2) is 28.7 Å². The molecule has 1 aliphatic rings. The summed E-state index contributed by atoms with van der Waals surface area (Å²) in [5.41, 5.74) is 1.84. The molecule has 2 aromatic heterocycles. The Morgan fingerprint density at radius 3 is 2.64 bits per heavy atom. The normalized spacial score (nSPS) is 15.0. The molecule has 0 spiro atoms. The van der Waals surface area contributed by atoms with Crippen molar-refractivity contribution in [1.29, 1.82) is 0 Å². The van der Waals surface area contributed by atoms with Gasteiger partial charge in [-0.15, -0.1) is 0 Å². The maximum atomic E-state index is 14.0. The van der Waals surface area contributed by atoms with Crippen molar-refractivity contribution in [2.75, 3.05) is 7.11 Å². The number of fused-ring (bicyclic) bond motifs is 1. The predicted molar refractivity (Wildman–Crippen MR) is 161 cm³/mol. The number of aryl methyl sites for hydroxylation is 1. The number of thiazole rings is 1. The third-order valence-corrected chi connectivity index (χ3v) is 8.06. The molecule has 10 nitrogen and oxygen atoms in total. The number of ether oxygens (including phenoxy) is 2. The summed E-state index contributed by atoms with van der Waals surface area (Å²) in [6, 6.07) is 12.6. The number of nitro benzene ring substituents is 1. The van der Waals surface area contributed by atoms with Crippen LogP contribution in [-0.2, 0) is 9.53 Å². The minimum atomic E-state index is -0.871. The van der Waals surface area contributed by atoms with Crippen molar-refractivity contribution in [3.8, 4) is 17.1 Å². The van der Waals surface area contributed by atoms with Crippen molar-refractivity contribution in [2.24, 2.45) is 4.99 Å². The Balaban J connectivity index is 1.67. The second-order valence-electron chi connectivity index (χ2n) is 9.90. The van der Waals surface area contributed by atoms with Crippen molar-refractivity contribution in [3.05, 3.63) is 111 Å². The smallest absolute Gasteiger partial charge is 0.338 e. The number of aromatic nitrogens is 1. The molecule has 42 heavy (non-hydrogen) atoms. The number of carbonyl (C=O) groups is 1. The van der Waals surface area contributed by atoms with Gasteiger partial charge in [-0.3, -0.25) is 19.5 Å². The van der Waals surface area contributed by atoms with E-state index in [0.29, 0.717) is 43.4 Å². The fourth-order valence-electron chi connectivity index (χ4n) is 4.78. The third-order valence-electron chi connectivity index (χ3n) is 6.59. The highest BCUT2D eigenvalue weighted by atomic mass is 79.9. The van der Waals surface area contributed by atoms with E-state index in [1.807, 2.05) is 6.07 Å². The van der Waals surface area contributed by atoms with E-state index in [4.69, 9.17) is 13.9 Å². The number of methoxy groups -OCH3 is 1. The lowest BCUT2D eigenvalue weighted by Crippen LogP contribution is -2.40. The minimum absolute atomic E-state index is 0.0745. The first kappa shape index (κ1) is 29.2. The molecule has 3 heterocycles. The first-order valence-corrected chi connectivity index (χ1v) is 14.5. The van der Waals surface area contributed by atoms with Crippen LogP contribution in [0.25, 0.3) is 17.4 Å². The number of hydrogen-bond acceptors (Lipinski definition) is 9. The average molecular weight is 653 g/mol. The molecule has 12 heteroatoms. The number of allylic oxidation sites excluding steroid dienone is 1. The Bertz CT molecular complexity index is 1950. The molecule has 0 saturated carbocycles. The molecule has 0 fully saturated rings. The summed E-state index contributed by atoms with van der Waals surface area (Å²) < 4.78 is 19.6. The zero-order valence-electron chi connectivity index (χ0n) is 23.3. The lowest BCUT2D eigenvalue weighted by Gasteiger charge is -2.26. The molecule has 1 aliphatic heterocycles. The van der Waals surface area contributed by atoms with Gasteiger partial charge in [0.05, 0.1) is 39.5 Å². The molecule has 5 rings (SSSR count). The van der Waals surface area contributed by atoms with Crippen molar-refractivity contribution < 1.29 is 23.6 Å². The Kier molecular flexibility index (Phi) is 8.02. The quantitative estimate of drug-likeness (QED) is 0.148. The number of nitrogens with zero attached hydrogens (tertiary/aromatic N) is 3. The number of hydrogen-bond donors (Lipinski definition) is 0. The highest BCUT2D eigenvalue weighted by Gasteiger charge is 2.35. The molecule has 0 bridgehead atoms. The molecule has 0 aliphatic carbocycles. The maximum absolute atomic E-state index is 14.0. The van der Waals surface area contributed by atoms with Gasteiger partial charge in [0, 0.05) is 22.2 Å². The molecule has 0 radical (unpaired) electrons. The summed E-state index contributed by atoms with van der Waals surface area (Å²) >= 11 is 4.64. The molecule has 4 aromatic rings. The van der Waals surface area contributed by atoms with E-state index >= 15 is 0 Å². The first-order chi connectivity index (χ1) is 20.0. The van der Waals surface area contributed by atoms with Crippen LogP contribution in [0.4, 0.5) is 5.69 Å². The van der Waals surface area contributed by atoms with E-state index in [0.717, 1.165) is 21.4 Å². The van der Waals surface area contributed by atoms with E-state index < -0.39 is 22.5 Å². The van der Waals surface area contributed by atoms with Crippen molar-refractivity contribution in [3.63, 3.8) is 0 Å². The van der Waals surface area contributed by atoms with Crippen molar-refractivity contribution in [2.45, 2.75) is 39.8 Å². The molecule has 2 aromatic carbocycles. The van der Waals surface area contributed by atoms with Crippen LogP contribution in [0.15, 0.2) is 78.5 Å². The Labute approximate surface area is 252 Å². The molecule has 0 saturated heterocycles. The standard InChI is InChI=1S/C30H26BrN3O7S/c1-15(2)40-29(36)26-17(4)32-30-33(27(26)21-13-18(31)7-10-23(21)39-5)28(35)25(42-30)14-19-8-11-24(41-19)20-9-6-16(3)12-22(20)34(37)38/h6-15,27H,1-5H3/b25-14-/t27-/m1/s1. The predicted octanol–water partition coefficient (Wildman–Crippen LogP) is 5.43. The van der Waals surface area contributed by atoms with Crippen molar-refractivity contribution >= 4 is 45.0 Å². The van der Waals surface area contributed by atoms with Gasteiger partial charge in [-0.1, -0.05) is 33.3 Å². The van der Waals surface area contributed by atoms with Gasteiger partial charge in [-0.05, 0) is 69.7 Å². The largest absolute Gasteiger partial charge is 0.496 e. The van der Waals surface area contributed by atoms with Crippen molar-refractivity contribution in [1.82, 2.24) is 4.57 Å². The average Bonchev–Trinajstić information content (AvgIpc) is 3.51. The lowest BCUT2D eigenvalue weighted by molar-refractivity contribution is -0.384. The molecule has 0 amide bonds. The monoisotopic (exact) mass is 651 g/mol. The summed E-state index contributed by atoms with van der Waals surface area (Å²) in [6.45, 7) is 6.98. The van der Waals surface area contributed by atoms with Gasteiger partial charge in [0.2, 0.25) is 0 Å². The van der Waals surface area contributed by atoms with E-state index in [9.17, 15) is 19.7 Å². The first-order valence-electron chi connectivity index (χ1n) is 12.9. The number of benzene rings is 2. The summed E-state index contributed by atoms with van der Waals surface area (Å²) in [4.78, 5) is 43.5. The fourth-order valence-corrected chi connectivity index (χ4v) is 6.18. The molecule has 1 atom stereocenters. The van der Waals surface area contributed by atoms with E-state index in [-0.39, 0.29) is 17.4 Å². The van der Waals surface area contributed by atoms with Gasteiger partial charge in [-0.2, -0.15) is 0 Å². The summed E-state index contributed by atoms with van der Waals surface area (Å²) in [7, 11) is 1.52. The highest BCUT2D eigenvalue weighted by Crippen LogP contribution is 2.37. The van der Waals surface area contributed by atoms with Crippen LogP contribution in [0.1, 0.15) is 43.7 Å². The van der Waals surface area contributed by atoms with Gasteiger partial charge in [0.1, 0.15) is 23.3 Å². The number of esters is 1. The summed E-state index contributed by atoms with van der Waals surface area (Å²) in [5.74, 6) is 0.532. The highest BCUT2D eigenvalue weighted by molar-refractivity contribution is 9.10. The number of nitro groups is 1. The Morgan fingerprint density at radius 1 is 1.19 bits per heavy atom. The van der Waals surface area contributed by atoms with Crippen LogP contribution in [0.3, 0.4) is 0 Å². The summed E-state index contributed by atoms with van der Waals surface area (Å²) in [6.07, 6.45) is 1.18. The van der Waals surface area contributed by atoms with Crippen LogP contribution in [0.5, 0.6) is 5.75 Å². The van der Waals surface area contributed by atoms with Gasteiger partial charge < -0.3 is 13.9 Å². The summed E-state index contributed by atoms with van der Waals surface area (Å²) in [5, 5.41) is 11.6. The lowest BCUT2D eigenvalue weighted by atomic mass is 9.95. The third kappa shape index (κ3) is 5.47. The van der Waals surface area contributed by atoms with Gasteiger partial charge in [0.25, 0.3) is 11.2 Å². The van der Waals surface area contributed by atoms with Gasteiger partial charge in [-0.25, -0.2) is 9.79 Å². The molecular weight excluding hydrogens is 626 g/mol. The molecule has 0 unspecified atom stereocenters. The van der Waals surface area contributed by atoms with E-state index in [1.165, 1.54) is 17.7 Å². The minimum Gasteiger partial charge on any atom is -0.496 e. The molecular formula is C30H26BrN3O7S. The van der Waals surface area contributed by atoms with Gasteiger partial charge in [0.15, 0.2) is 4.80 Å². The second-order valence-corrected chi connectivity index (χ2v) is 11.8. The van der Waals surface area contributed by atoms with E-state index in [2.05, 4.69) is 20.9 Å². The number of rotatable bonds is 7. The van der Waals surface area contributed by atoms with E-state index in [1.54, 1.807) is 70.2 Å². The topological polar surface area (TPSA) is 126 Å². The zero-order valence-corrected chi connectivity index (χ0v) is 25.7. The van der Waals surface area contributed by atoms with Crippen LogP contribution in [0, 0.1) is 17.0 Å². The van der Waals surface area contributed by atoms with Crippen LogP contribution < -0.4 is 19.6 Å². The van der Waals surface area contributed by atoms with Crippen LogP contribution in [0.2, 0.25) is 0 Å². The maximum Gasteiger partial charge on any atom is 0.338 e. The zero-order chi connectivity index (χ0) is 30.3. The SMILES string of the molecule is COc1ccc(Br)cc1[C@@H]1C(C(=O)OC(C)C)=C(C)N=c2s/c(=C\c3ccc(-c4ccc(C)cc4[N+](=O)[O-])o3)c(=O)n21. The number of halogens is 1. The Morgan fingerprint density at radius 2 is 1.95 bits per heavy atom. The second kappa shape index (κ2) is 11.5. The fraction of sp³-hybridized carbons (Fsp3) is 0.233. The van der Waals surface area contributed by atoms with Gasteiger partial charge >= 0.3 is 5.97 Å². The molecule has 0 N–H and O–H groups in total. The number of carbonyl (C=O) groups excluding carboxylic acids is 1. The number of furan rings is 1. The Hall–Kier alpha value is -4.29.